The van der Waals surface area contributed by atoms with Gasteiger partial charge in [-0.1, -0.05) is 30.3 Å². The Morgan fingerprint density at radius 3 is 2.32 bits per heavy atom. The molecule has 1 heterocycles. The fraction of sp³-hybridized carbons (Fsp3) is 0.611. The van der Waals surface area contributed by atoms with Crippen molar-refractivity contribution in [3.8, 4) is 0 Å². The lowest BCUT2D eigenvalue weighted by molar-refractivity contribution is 0.163. The first kappa shape index (κ1) is 19.7. The van der Waals surface area contributed by atoms with Gasteiger partial charge in [0.05, 0.1) is 5.75 Å². The number of hydrogen-bond donors (Lipinski definition) is 2. The van der Waals surface area contributed by atoms with Gasteiger partial charge in [-0.05, 0) is 45.1 Å². The maximum absolute atomic E-state index is 12.2. The van der Waals surface area contributed by atoms with Crippen molar-refractivity contribution in [1.29, 1.82) is 0 Å². The fourth-order valence-corrected chi connectivity index (χ4v) is 4.05. The second-order valence-electron chi connectivity index (χ2n) is 7.70. The van der Waals surface area contributed by atoms with E-state index in [1.54, 1.807) is 4.90 Å². The van der Waals surface area contributed by atoms with Crippen LogP contribution in [0.15, 0.2) is 30.3 Å². The van der Waals surface area contributed by atoms with E-state index < -0.39 is 10.0 Å². The number of rotatable bonds is 5. The molecule has 2 N–H and O–H groups in total. The van der Waals surface area contributed by atoms with Crippen LogP contribution < -0.4 is 10.0 Å². The first-order chi connectivity index (χ1) is 11.6. The largest absolute Gasteiger partial charge is 0.333 e. The van der Waals surface area contributed by atoms with Gasteiger partial charge in [0.2, 0.25) is 10.0 Å². The summed E-state index contributed by atoms with van der Waals surface area (Å²) in [5.74, 6) is 0.268. The van der Waals surface area contributed by atoms with Gasteiger partial charge in [-0.25, -0.2) is 17.9 Å². The van der Waals surface area contributed by atoms with Gasteiger partial charge in [-0.2, -0.15) is 0 Å². The van der Waals surface area contributed by atoms with Gasteiger partial charge < -0.3 is 10.2 Å². The third-order valence-corrected chi connectivity index (χ3v) is 5.49. The van der Waals surface area contributed by atoms with Crippen molar-refractivity contribution < 1.29 is 13.2 Å². The molecule has 7 heteroatoms. The second-order valence-corrected chi connectivity index (χ2v) is 9.51. The van der Waals surface area contributed by atoms with Crippen LogP contribution in [0.5, 0.6) is 0 Å². The molecule has 1 aliphatic heterocycles. The second kappa shape index (κ2) is 8.19. The van der Waals surface area contributed by atoms with Gasteiger partial charge in [0.15, 0.2) is 0 Å². The summed E-state index contributed by atoms with van der Waals surface area (Å²) < 4.78 is 27.1. The van der Waals surface area contributed by atoms with Crippen LogP contribution in [0.1, 0.15) is 39.2 Å². The number of hydrogen-bond acceptors (Lipinski definition) is 3. The standard InChI is InChI=1S/C18H29N3O3S/c1-18(2,3)20-17(22)21-11-9-15(10-12-21)13-19-25(23,24)14-16-7-5-4-6-8-16/h4-8,15,19H,9-14H2,1-3H3,(H,20,22). The lowest BCUT2D eigenvalue weighted by Gasteiger charge is -2.34. The number of benzene rings is 1. The molecule has 25 heavy (non-hydrogen) atoms. The maximum Gasteiger partial charge on any atom is 0.317 e. The highest BCUT2D eigenvalue weighted by molar-refractivity contribution is 7.88. The first-order valence-electron chi connectivity index (χ1n) is 8.73. The minimum Gasteiger partial charge on any atom is -0.333 e. The molecule has 1 saturated heterocycles. The molecule has 1 aromatic carbocycles. The van der Waals surface area contributed by atoms with Crippen molar-refractivity contribution >= 4 is 16.1 Å². The Hall–Kier alpha value is -1.60. The van der Waals surface area contributed by atoms with Gasteiger partial charge in [-0.15, -0.1) is 0 Å². The van der Waals surface area contributed by atoms with Crippen molar-refractivity contribution in [3.63, 3.8) is 0 Å². The molecular formula is C18H29N3O3S. The van der Waals surface area contributed by atoms with Crippen LogP contribution >= 0.6 is 0 Å². The average molecular weight is 368 g/mol. The third-order valence-electron chi connectivity index (χ3n) is 4.18. The number of nitrogens with zero attached hydrogens (tertiary/aromatic N) is 1. The summed E-state index contributed by atoms with van der Waals surface area (Å²) in [6.07, 6.45) is 1.62. The fourth-order valence-electron chi connectivity index (χ4n) is 2.83. The summed E-state index contributed by atoms with van der Waals surface area (Å²) in [5.41, 5.74) is 0.532. The van der Waals surface area contributed by atoms with E-state index in [1.165, 1.54) is 0 Å². The van der Waals surface area contributed by atoms with Gasteiger partial charge in [-0.3, -0.25) is 0 Å². The Morgan fingerprint density at radius 2 is 1.76 bits per heavy atom. The highest BCUT2D eigenvalue weighted by Gasteiger charge is 2.26. The summed E-state index contributed by atoms with van der Waals surface area (Å²) in [4.78, 5) is 13.9. The van der Waals surface area contributed by atoms with Crippen LogP contribution in [0.4, 0.5) is 4.79 Å². The molecule has 0 radical (unpaired) electrons. The summed E-state index contributed by atoms with van der Waals surface area (Å²) in [6.45, 7) is 7.63. The maximum atomic E-state index is 12.2. The molecule has 2 amide bonds. The van der Waals surface area contributed by atoms with E-state index >= 15 is 0 Å². The monoisotopic (exact) mass is 367 g/mol. The van der Waals surface area contributed by atoms with Crippen LogP contribution in [0, 0.1) is 5.92 Å². The number of carbonyl (C=O) groups is 1. The molecule has 0 spiro atoms. The minimum absolute atomic E-state index is 0.000668. The van der Waals surface area contributed by atoms with Crippen LogP contribution in [0.2, 0.25) is 0 Å². The quantitative estimate of drug-likeness (QED) is 0.838. The Bertz CT molecular complexity index is 661. The zero-order chi connectivity index (χ0) is 18.5. The van der Waals surface area contributed by atoms with E-state index in [0.29, 0.717) is 19.6 Å². The topological polar surface area (TPSA) is 78.5 Å². The summed E-state index contributed by atoms with van der Waals surface area (Å²) in [5, 5.41) is 2.96. The molecule has 0 unspecified atom stereocenters. The molecule has 2 rings (SSSR count). The van der Waals surface area contributed by atoms with E-state index in [9.17, 15) is 13.2 Å². The van der Waals surface area contributed by atoms with E-state index in [-0.39, 0.29) is 23.2 Å². The predicted octanol–water partition coefficient (Wildman–Crippen LogP) is 2.33. The molecule has 0 saturated carbocycles. The van der Waals surface area contributed by atoms with Crippen LogP contribution in [0.25, 0.3) is 0 Å². The van der Waals surface area contributed by atoms with Crippen LogP contribution in [0.3, 0.4) is 0 Å². The molecule has 140 valence electrons. The Balaban J connectivity index is 1.76. The van der Waals surface area contributed by atoms with Gasteiger partial charge in [0.1, 0.15) is 0 Å². The van der Waals surface area contributed by atoms with Crippen molar-refractivity contribution in [3.05, 3.63) is 35.9 Å². The van der Waals surface area contributed by atoms with Crippen molar-refractivity contribution in [2.45, 2.75) is 44.9 Å². The zero-order valence-electron chi connectivity index (χ0n) is 15.3. The summed E-state index contributed by atoms with van der Waals surface area (Å²) >= 11 is 0. The van der Waals surface area contributed by atoms with E-state index in [4.69, 9.17) is 0 Å². The smallest absolute Gasteiger partial charge is 0.317 e. The summed E-state index contributed by atoms with van der Waals surface area (Å²) in [6, 6.07) is 9.12. The van der Waals surface area contributed by atoms with E-state index in [1.807, 2.05) is 51.1 Å². The number of amides is 2. The molecule has 6 nitrogen and oxygen atoms in total. The number of nitrogens with one attached hydrogen (secondary N) is 2. The van der Waals surface area contributed by atoms with Crippen molar-refractivity contribution in [1.82, 2.24) is 14.9 Å². The molecule has 0 atom stereocenters. The Labute approximate surface area is 151 Å². The van der Waals surface area contributed by atoms with Gasteiger partial charge in [0.25, 0.3) is 0 Å². The van der Waals surface area contributed by atoms with Crippen LogP contribution in [-0.4, -0.2) is 44.5 Å². The number of likely N-dealkylation sites (tertiary alicyclic amines) is 1. The predicted molar refractivity (Wildman–Crippen MR) is 99.7 cm³/mol. The number of urea groups is 1. The number of sulfonamides is 1. The normalized spacial score (nSPS) is 16.7. The van der Waals surface area contributed by atoms with E-state index in [2.05, 4.69) is 10.0 Å². The van der Waals surface area contributed by atoms with Crippen molar-refractivity contribution in [2.24, 2.45) is 5.92 Å². The zero-order valence-corrected chi connectivity index (χ0v) is 16.1. The molecular weight excluding hydrogens is 338 g/mol. The molecule has 1 aromatic rings. The third kappa shape index (κ3) is 7.04. The Kier molecular flexibility index (Phi) is 6.46. The minimum atomic E-state index is -3.33. The van der Waals surface area contributed by atoms with Gasteiger partial charge in [0, 0.05) is 25.2 Å². The SMILES string of the molecule is CC(C)(C)NC(=O)N1CCC(CNS(=O)(=O)Cc2ccccc2)CC1. The van der Waals surface area contributed by atoms with Crippen LogP contribution in [-0.2, 0) is 15.8 Å². The molecule has 0 aromatic heterocycles. The number of carbonyl (C=O) groups excluding carboxylic acids is 1. The highest BCUT2D eigenvalue weighted by atomic mass is 32.2. The highest BCUT2D eigenvalue weighted by Crippen LogP contribution is 2.17. The lowest BCUT2D eigenvalue weighted by atomic mass is 9.97. The molecule has 0 bridgehead atoms. The molecule has 0 aliphatic carbocycles. The Morgan fingerprint density at radius 1 is 1.16 bits per heavy atom. The van der Waals surface area contributed by atoms with E-state index in [0.717, 1.165) is 18.4 Å². The molecule has 1 fully saturated rings. The number of piperidine rings is 1. The first-order valence-corrected chi connectivity index (χ1v) is 10.4. The average Bonchev–Trinajstić information content (AvgIpc) is 2.52. The van der Waals surface area contributed by atoms with Crippen molar-refractivity contribution in [2.75, 3.05) is 19.6 Å². The van der Waals surface area contributed by atoms with Gasteiger partial charge >= 0.3 is 6.03 Å². The molecule has 1 aliphatic rings. The lowest BCUT2D eigenvalue weighted by Crippen LogP contribution is -2.51. The summed E-state index contributed by atoms with van der Waals surface area (Å²) in [7, 11) is -3.33.